The zero-order valence-electron chi connectivity index (χ0n) is 12.2. The van der Waals surface area contributed by atoms with Crippen molar-refractivity contribution in [3.8, 4) is 0 Å². The average Bonchev–Trinajstić information content (AvgIpc) is 2.80. The summed E-state index contributed by atoms with van der Waals surface area (Å²) >= 11 is 1.78. The Kier molecular flexibility index (Phi) is 4.72. The van der Waals surface area contributed by atoms with Crippen LogP contribution in [0.5, 0.6) is 0 Å². The third-order valence-electron chi connectivity index (χ3n) is 3.39. The number of benzene rings is 1. The maximum absolute atomic E-state index is 4.39. The summed E-state index contributed by atoms with van der Waals surface area (Å²) in [4.78, 5) is 5.69. The Labute approximate surface area is 119 Å². The van der Waals surface area contributed by atoms with Gasteiger partial charge in [-0.1, -0.05) is 25.1 Å². The van der Waals surface area contributed by atoms with E-state index in [0.29, 0.717) is 0 Å². The highest BCUT2D eigenvalue weighted by Gasteiger charge is 2.16. The van der Waals surface area contributed by atoms with Crippen LogP contribution in [0.1, 0.15) is 46.0 Å². The second-order valence-corrected chi connectivity index (χ2v) is 6.28. The summed E-state index contributed by atoms with van der Waals surface area (Å²) in [5, 5.41) is 4.76. The van der Waals surface area contributed by atoms with E-state index < -0.39 is 0 Å². The van der Waals surface area contributed by atoms with Crippen molar-refractivity contribution in [3.63, 3.8) is 0 Å². The molecule has 0 aliphatic rings. The first-order valence-electron chi connectivity index (χ1n) is 6.84. The normalized spacial score (nSPS) is 12.6. The Bertz CT molecular complexity index is 545. The Hall–Kier alpha value is -1.19. The summed E-state index contributed by atoms with van der Waals surface area (Å²) in [7, 11) is 0. The molecular formula is C16H22N2S. The summed E-state index contributed by atoms with van der Waals surface area (Å²) in [6, 6.07) is 6.99. The topological polar surface area (TPSA) is 24.9 Å². The highest BCUT2D eigenvalue weighted by Crippen LogP contribution is 2.28. The fourth-order valence-electron chi connectivity index (χ4n) is 2.13. The Balaban J connectivity index is 2.33. The van der Waals surface area contributed by atoms with Crippen LogP contribution < -0.4 is 5.32 Å². The van der Waals surface area contributed by atoms with Crippen LogP contribution in [-0.4, -0.2) is 11.5 Å². The SMILES string of the molecule is CCCNC(c1ccc(C)c(C)c1)c1cnc(C)s1. The third-order valence-corrected chi connectivity index (χ3v) is 4.36. The second kappa shape index (κ2) is 6.31. The molecule has 0 saturated carbocycles. The number of nitrogens with one attached hydrogen (secondary N) is 1. The van der Waals surface area contributed by atoms with Crippen LogP contribution in [-0.2, 0) is 0 Å². The van der Waals surface area contributed by atoms with Crippen molar-refractivity contribution in [1.29, 1.82) is 0 Å². The van der Waals surface area contributed by atoms with Crippen molar-refractivity contribution in [2.75, 3.05) is 6.54 Å². The number of hydrogen-bond acceptors (Lipinski definition) is 3. The highest BCUT2D eigenvalue weighted by molar-refractivity contribution is 7.11. The first kappa shape index (κ1) is 14.2. The minimum atomic E-state index is 0.269. The lowest BCUT2D eigenvalue weighted by molar-refractivity contribution is 0.604. The Morgan fingerprint density at radius 2 is 2.00 bits per heavy atom. The number of rotatable bonds is 5. The second-order valence-electron chi connectivity index (χ2n) is 5.01. The van der Waals surface area contributed by atoms with Gasteiger partial charge in [-0.15, -0.1) is 11.3 Å². The summed E-state index contributed by atoms with van der Waals surface area (Å²) < 4.78 is 0. The molecule has 102 valence electrons. The molecule has 1 unspecified atom stereocenters. The van der Waals surface area contributed by atoms with Gasteiger partial charge in [0.2, 0.25) is 0 Å². The van der Waals surface area contributed by atoms with Gasteiger partial charge in [0.1, 0.15) is 0 Å². The summed E-state index contributed by atoms with van der Waals surface area (Å²) in [5.41, 5.74) is 4.03. The molecule has 2 nitrogen and oxygen atoms in total. The largest absolute Gasteiger partial charge is 0.306 e. The lowest BCUT2D eigenvalue weighted by atomic mass is 10.0. The molecule has 0 radical (unpaired) electrons. The number of aryl methyl sites for hydroxylation is 3. The summed E-state index contributed by atoms with van der Waals surface area (Å²) in [5.74, 6) is 0. The molecule has 1 aromatic carbocycles. The number of hydrogen-bond donors (Lipinski definition) is 1. The Morgan fingerprint density at radius 3 is 2.58 bits per heavy atom. The molecule has 0 fully saturated rings. The fraction of sp³-hybridized carbons (Fsp3) is 0.438. The molecule has 3 heteroatoms. The number of thiazole rings is 1. The Morgan fingerprint density at radius 1 is 1.21 bits per heavy atom. The van der Waals surface area contributed by atoms with Crippen molar-refractivity contribution < 1.29 is 0 Å². The summed E-state index contributed by atoms with van der Waals surface area (Å²) in [6.45, 7) is 9.61. The van der Waals surface area contributed by atoms with Crippen LogP contribution in [0.2, 0.25) is 0 Å². The molecule has 0 saturated heterocycles. The third kappa shape index (κ3) is 3.43. The lowest BCUT2D eigenvalue weighted by Crippen LogP contribution is -2.22. The smallest absolute Gasteiger partial charge is 0.0897 e. The van der Waals surface area contributed by atoms with Crippen LogP contribution in [0, 0.1) is 20.8 Å². The predicted molar refractivity (Wildman–Crippen MR) is 82.9 cm³/mol. The lowest BCUT2D eigenvalue weighted by Gasteiger charge is -2.18. The van der Waals surface area contributed by atoms with Gasteiger partial charge in [0.15, 0.2) is 0 Å². The molecule has 0 aliphatic heterocycles. The van der Waals surface area contributed by atoms with Crippen molar-refractivity contribution in [3.05, 3.63) is 51.0 Å². The van der Waals surface area contributed by atoms with Crippen molar-refractivity contribution in [2.24, 2.45) is 0 Å². The first-order valence-corrected chi connectivity index (χ1v) is 7.66. The molecule has 2 aromatic rings. The molecule has 1 atom stereocenters. The predicted octanol–water partition coefficient (Wildman–Crippen LogP) is 4.16. The number of nitrogens with zero attached hydrogens (tertiary/aromatic N) is 1. The van der Waals surface area contributed by atoms with E-state index in [0.717, 1.165) is 18.0 Å². The molecule has 1 N–H and O–H groups in total. The van der Waals surface area contributed by atoms with Gasteiger partial charge in [-0.2, -0.15) is 0 Å². The molecule has 1 heterocycles. The van der Waals surface area contributed by atoms with E-state index in [4.69, 9.17) is 0 Å². The van der Waals surface area contributed by atoms with E-state index in [2.05, 4.69) is 56.2 Å². The maximum atomic E-state index is 4.39. The molecule has 1 aromatic heterocycles. The molecule has 0 aliphatic carbocycles. The minimum Gasteiger partial charge on any atom is -0.306 e. The van der Waals surface area contributed by atoms with Crippen LogP contribution in [0.4, 0.5) is 0 Å². The van der Waals surface area contributed by atoms with Gasteiger partial charge in [0, 0.05) is 11.1 Å². The fourth-order valence-corrected chi connectivity index (χ4v) is 3.02. The monoisotopic (exact) mass is 274 g/mol. The molecule has 0 amide bonds. The van der Waals surface area contributed by atoms with Crippen LogP contribution in [0.15, 0.2) is 24.4 Å². The highest BCUT2D eigenvalue weighted by atomic mass is 32.1. The first-order chi connectivity index (χ1) is 9.11. The standard InChI is InChI=1S/C16H22N2S/c1-5-8-17-16(15-10-18-13(4)19-15)14-7-6-11(2)12(3)9-14/h6-7,9-10,16-17H,5,8H2,1-4H3. The van der Waals surface area contributed by atoms with E-state index in [1.807, 2.05) is 6.20 Å². The van der Waals surface area contributed by atoms with E-state index >= 15 is 0 Å². The van der Waals surface area contributed by atoms with E-state index in [1.54, 1.807) is 11.3 Å². The van der Waals surface area contributed by atoms with E-state index in [-0.39, 0.29) is 6.04 Å². The molecular weight excluding hydrogens is 252 g/mol. The van der Waals surface area contributed by atoms with Gasteiger partial charge in [-0.25, -0.2) is 4.98 Å². The number of aromatic nitrogens is 1. The molecule has 0 bridgehead atoms. The molecule has 19 heavy (non-hydrogen) atoms. The van der Waals surface area contributed by atoms with Gasteiger partial charge >= 0.3 is 0 Å². The van der Waals surface area contributed by atoms with E-state index in [9.17, 15) is 0 Å². The van der Waals surface area contributed by atoms with Gasteiger partial charge < -0.3 is 5.32 Å². The average molecular weight is 274 g/mol. The van der Waals surface area contributed by atoms with Crippen molar-refractivity contribution in [2.45, 2.75) is 40.2 Å². The zero-order chi connectivity index (χ0) is 13.8. The van der Waals surface area contributed by atoms with Gasteiger partial charge in [0.25, 0.3) is 0 Å². The van der Waals surface area contributed by atoms with Crippen molar-refractivity contribution >= 4 is 11.3 Å². The molecule has 2 rings (SSSR count). The zero-order valence-corrected chi connectivity index (χ0v) is 13.0. The quantitative estimate of drug-likeness (QED) is 0.885. The van der Waals surface area contributed by atoms with Crippen LogP contribution in [0.3, 0.4) is 0 Å². The van der Waals surface area contributed by atoms with E-state index in [1.165, 1.54) is 21.6 Å². The minimum absolute atomic E-state index is 0.269. The van der Waals surface area contributed by atoms with Gasteiger partial charge in [0.05, 0.1) is 11.0 Å². The van der Waals surface area contributed by atoms with Crippen LogP contribution in [0.25, 0.3) is 0 Å². The van der Waals surface area contributed by atoms with Gasteiger partial charge in [-0.3, -0.25) is 0 Å². The molecule has 0 spiro atoms. The summed E-state index contributed by atoms with van der Waals surface area (Å²) in [6.07, 6.45) is 3.14. The maximum Gasteiger partial charge on any atom is 0.0897 e. The van der Waals surface area contributed by atoms with Crippen LogP contribution >= 0.6 is 11.3 Å². The van der Waals surface area contributed by atoms with Crippen molar-refractivity contribution in [1.82, 2.24) is 10.3 Å². The van der Waals surface area contributed by atoms with Gasteiger partial charge in [-0.05, 0) is 50.4 Å².